The number of hydrogen-bond donors (Lipinski definition) is 1. The second-order valence-corrected chi connectivity index (χ2v) is 3.44. The average molecular weight is 187 g/mol. The predicted molar refractivity (Wildman–Crippen MR) is 48.7 cm³/mol. The highest BCUT2D eigenvalue weighted by Crippen LogP contribution is 2.32. The zero-order chi connectivity index (χ0) is 9.73. The Morgan fingerprint density at radius 3 is 2.54 bits per heavy atom. The largest absolute Gasteiger partial charge is 0.303 e. The number of halogens is 2. The molecule has 1 aliphatic carbocycles. The van der Waals surface area contributed by atoms with Crippen LogP contribution in [0.4, 0.5) is 8.78 Å². The van der Waals surface area contributed by atoms with Gasteiger partial charge in [0.2, 0.25) is 5.92 Å². The second kappa shape index (κ2) is 4.57. The second-order valence-electron chi connectivity index (χ2n) is 3.44. The van der Waals surface area contributed by atoms with Crippen molar-refractivity contribution in [1.29, 1.82) is 0 Å². The van der Waals surface area contributed by atoms with E-state index in [2.05, 4.69) is 17.2 Å². The Kier molecular flexibility index (Phi) is 3.68. The van der Waals surface area contributed by atoms with Gasteiger partial charge in [-0.05, 0) is 19.8 Å². The third-order valence-corrected chi connectivity index (χ3v) is 2.37. The van der Waals surface area contributed by atoms with Gasteiger partial charge >= 0.3 is 0 Å². The Labute approximate surface area is 77.9 Å². The van der Waals surface area contributed by atoms with Gasteiger partial charge in [0.15, 0.2) is 0 Å². The predicted octanol–water partition coefficient (Wildman–Crippen LogP) is 2.18. The molecule has 0 saturated heterocycles. The van der Waals surface area contributed by atoms with E-state index >= 15 is 0 Å². The van der Waals surface area contributed by atoms with Crippen LogP contribution in [0.25, 0.3) is 0 Å². The summed E-state index contributed by atoms with van der Waals surface area (Å²) in [7, 11) is 0. The van der Waals surface area contributed by atoms with E-state index in [0.29, 0.717) is 19.4 Å². The van der Waals surface area contributed by atoms with Crippen LogP contribution in [0.1, 0.15) is 32.6 Å². The van der Waals surface area contributed by atoms with Crippen LogP contribution in [0.2, 0.25) is 0 Å². The topological polar surface area (TPSA) is 12.0 Å². The van der Waals surface area contributed by atoms with Gasteiger partial charge in [-0.2, -0.15) is 0 Å². The highest BCUT2D eigenvalue weighted by molar-refractivity contribution is 4.98. The minimum Gasteiger partial charge on any atom is -0.303 e. The van der Waals surface area contributed by atoms with Crippen molar-refractivity contribution in [2.24, 2.45) is 0 Å². The molecule has 0 aromatic heterocycles. The molecular formula is C10H15F2N. The van der Waals surface area contributed by atoms with Crippen LogP contribution in [0.5, 0.6) is 0 Å². The third-order valence-electron chi connectivity index (χ3n) is 2.37. The molecule has 0 unspecified atom stereocenters. The molecule has 0 amide bonds. The summed E-state index contributed by atoms with van der Waals surface area (Å²) in [5, 5.41) is 3.15. The van der Waals surface area contributed by atoms with Crippen LogP contribution in [0, 0.1) is 11.8 Å². The van der Waals surface area contributed by atoms with Crippen LogP contribution in [-0.2, 0) is 0 Å². The first-order valence-electron chi connectivity index (χ1n) is 4.65. The molecule has 0 heterocycles. The number of rotatable bonds is 2. The summed E-state index contributed by atoms with van der Waals surface area (Å²) in [6, 6.07) is 0.237. The van der Waals surface area contributed by atoms with E-state index in [1.807, 2.05) is 0 Å². The summed E-state index contributed by atoms with van der Waals surface area (Å²) in [5.41, 5.74) is 0. The van der Waals surface area contributed by atoms with Crippen molar-refractivity contribution >= 4 is 0 Å². The normalized spacial score (nSPS) is 22.1. The minimum atomic E-state index is -2.42. The lowest BCUT2D eigenvalue weighted by Gasteiger charge is -2.28. The van der Waals surface area contributed by atoms with Gasteiger partial charge in [-0.1, -0.05) is 5.92 Å². The van der Waals surface area contributed by atoms with Gasteiger partial charge in [0.25, 0.3) is 0 Å². The van der Waals surface area contributed by atoms with E-state index in [-0.39, 0.29) is 18.9 Å². The summed E-state index contributed by atoms with van der Waals surface area (Å²) < 4.78 is 25.4. The number of alkyl halides is 2. The van der Waals surface area contributed by atoms with Crippen molar-refractivity contribution in [3.05, 3.63) is 0 Å². The van der Waals surface area contributed by atoms with Gasteiger partial charge in [-0.25, -0.2) is 8.78 Å². The number of hydrogen-bond acceptors (Lipinski definition) is 1. The van der Waals surface area contributed by atoms with Crippen molar-refractivity contribution in [2.45, 2.75) is 44.6 Å². The molecule has 74 valence electrons. The highest BCUT2D eigenvalue weighted by Gasteiger charge is 2.34. The van der Waals surface area contributed by atoms with E-state index < -0.39 is 5.92 Å². The van der Waals surface area contributed by atoms with Gasteiger partial charge in [0.1, 0.15) is 0 Å². The fourth-order valence-corrected chi connectivity index (χ4v) is 1.53. The maximum absolute atomic E-state index is 12.7. The number of nitrogens with one attached hydrogen (secondary N) is 1. The fraction of sp³-hybridized carbons (Fsp3) is 0.800. The van der Waals surface area contributed by atoms with Gasteiger partial charge < -0.3 is 5.32 Å². The molecule has 1 aliphatic rings. The zero-order valence-corrected chi connectivity index (χ0v) is 7.87. The lowest BCUT2D eigenvalue weighted by Crippen LogP contribution is -2.37. The van der Waals surface area contributed by atoms with Crippen molar-refractivity contribution in [3.63, 3.8) is 0 Å². The zero-order valence-electron chi connectivity index (χ0n) is 7.87. The van der Waals surface area contributed by atoms with Crippen LogP contribution in [0.15, 0.2) is 0 Å². The van der Waals surface area contributed by atoms with Gasteiger partial charge in [0, 0.05) is 18.9 Å². The van der Waals surface area contributed by atoms with Crippen molar-refractivity contribution in [1.82, 2.24) is 5.32 Å². The summed E-state index contributed by atoms with van der Waals surface area (Å²) in [6.07, 6.45) is 1.17. The monoisotopic (exact) mass is 187 g/mol. The fourth-order valence-electron chi connectivity index (χ4n) is 1.53. The molecule has 0 aromatic carbocycles. The molecule has 0 atom stereocenters. The molecule has 13 heavy (non-hydrogen) atoms. The molecule has 1 saturated carbocycles. The summed E-state index contributed by atoms with van der Waals surface area (Å²) in [6.45, 7) is 2.39. The summed E-state index contributed by atoms with van der Waals surface area (Å²) in [5.74, 6) is 3.21. The van der Waals surface area contributed by atoms with E-state index in [9.17, 15) is 8.78 Å². The Balaban J connectivity index is 2.20. The van der Waals surface area contributed by atoms with Crippen LogP contribution >= 0.6 is 0 Å². The van der Waals surface area contributed by atoms with Crippen molar-refractivity contribution in [2.75, 3.05) is 6.54 Å². The van der Waals surface area contributed by atoms with Crippen LogP contribution in [0.3, 0.4) is 0 Å². The Bertz CT molecular complexity index is 205. The third kappa shape index (κ3) is 3.73. The van der Waals surface area contributed by atoms with Crippen molar-refractivity contribution < 1.29 is 8.78 Å². The molecular weight excluding hydrogens is 172 g/mol. The van der Waals surface area contributed by atoms with Crippen molar-refractivity contribution in [3.8, 4) is 11.8 Å². The molecule has 0 spiro atoms. The van der Waals surface area contributed by atoms with E-state index in [4.69, 9.17) is 0 Å². The molecule has 3 heteroatoms. The maximum atomic E-state index is 12.7. The lowest BCUT2D eigenvalue weighted by atomic mass is 9.92. The summed E-state index contributed by atoms with van der Waals surface area (Å²) >= 11 is 0. The maximum Gasteiger partial charge on any atom is 0.248 e. The standard InChI is InChI=1S/C10H15F2N/c1-2-3-8-13-9-4-6-10(11,12)7-5-9/h9,13H,4-8H2,1H3. The highest BCUT2D eigenvalue weighted by atomic mass is 19.3. The van der Waals surface area contributed by atoms with Crippen LogP contribution < -0.4 is 5.32 Å². The molecule has 1 nitrogen and oxygen atoms in total. The first-order valence-corrected chi connectivity index (χ1v) is 4.65. The van der Waals surface area contributed by atoms with E-state index in [1.165, 1.54) is 0 Å². The molecule has 1 fully saturated rings. The molecule has 0 bridgehead atoms. The smallest absolute Gasteiger partial charge is 0.248 e. The molecule has 1 rings (SSSR count). The molecule has 0 aromatic rings. The minimum absolute atomic E-state index is 0.0181. The summed E-state index contributed by atoms with van der Waals surface area (Å²) in [4.78, 5) is 0. The van der Waals surface area contributed by atoms with E-state index in [0.717, 1.165) is 0 Å². The molecule has 1 N–H and O–H groups in total. The SMILES string of the molecule is CC#CCNC1CCC(F)(F)CC1. The first-order chi connectivity index (χ1) is 6.14. The van der Waals surface area contributed by atoms with Gasteiger partial charge in [-0.3, -0.25) is 0 Å². The Hall–Kier alpha value is -0.620. The molecule has 0 aliphatic heterocycles. The first kappa shape index (κ1) is 10.5. The van der Waals surface area contributed by atoms with Gasteiger partial charge in [0.05, 0.1) is 6.54 Å². The Morgan fingerprint density at radius 2 is 2.00 bits per heavy atom. The van der Waals surface area contributed by atoms with Gasteiger partial charge in [-0.15, -0.1) is 5.92 Å². The van der Waals surface area contributed by atoms with Crippen LogP contribution in [-0.4, -0.2) is 18.5 Å². The Morgan fingerprint density at radius 1 is 1.38 bits per heavy atom. The van der Waals surface area contributed by atoms with E-state index in [1.54, 1.807) is 6.92 Å². The quantitative estimate of drug-likeness (QED) is 0.653. The molecule has 0 radical (unpaired) electrons. The lowest BCUT2D eigenvalue weighted by molar-refractivity contribution is -0.0400. The average Bonchev–Trinajstić information content (AvgIpc) is 2.08.